The number of imide groups is 1. The van der Waals surface area contributed by atoms with Crippen molar-refractivity contribution in [3.8, 4) is 0 Å². The topological polar surface area (TPSA) is 46.6 Å². The van der Waals surface area contributed by atoms with Crippen LogP contribution in [0.2, 0.25) is 0 Å². The molecule has 0 unspecified atom stereocenters. The predicted octanol–water partition coefficient (Wildman–Crippen LogP) is 3.48. The van der Waals surface area contributed by atoms with Gasteiger partial charge in [0.15, 0.2) is 0 Å². The Kier molecular flexibility index (Phi) is 6.77. The molecule has 1 aromatic carbocycles. The normalized spacial score (nSPS) is 17.5. The van der Waals surface area contributed by atoms with Crippen LogP contribution in [-0.4, -0.2) is 29.5 Å². The van der Waals surface area contributed by atoms with Gasteiger partial charge in [-0.3, -0.25) is 4.79 Å². The number of ether oxygens (including phenoxy) is 1. The summed E-state index contributed by atoms with van der Waals surface area (Å²) in [4.78, 5) is 24.0. The quantitative estimate of drug-likeness (QED) is 0.849. The van der Waals surface area contributed by atoms with Crippen LogP contribution < -0.4 is 0 Å². The zero-order valence-corrected chi connectivity index (χ0v) is 12.4. The van der Waals surface area contributed by atoms with Crippen molar-refractivity contribution in [2.24, 2.45) is 5.92 Å². The molecule has 20 heavy (non-hydrogen) atoms. The minimum atomic E-state index is -0.494. The minimum absolute atomic E-state index is 0.109. The van der Waals surface area contributed by atoms with Crippen molar-refractivity contribution in [2.75, 3.05) is 6.61 Å². The largest absolute Gasteiger partial charge is 0.447 e. The van der Waals surface area contributed by atoms with Crippen molar-refractivity contribution in [1.82, 2.24) is 4.90 Å². The highest BCUT2D eigenvalue weighted by atomic mass is 16.6. The van der Waals surface area contributed by atoms with Gasteiger partial charge < -0.3 is 4.74 Å². The number of nitrogens with zero attached hydrogens (tertiary/aromatic N) is 1. The predicted molar refractivity (Wildman–Crippen MR) is 78.2 cm³/mol. The van der Waals surface area contributed by atoms with Gasteiger partial charge in [0.1, 0.15) is 6.61 Å². The van der Waals surface area contributed by atoms with Crippen LogP contribution in [0.15, 0.2) is 36.4 Å². The lowest BCUT2D eigenvalue weighted by atomic mass is 10.1. The zero-order valence-electron chi connectivity index (χ0n) is 12.4. The number of cyclic esters (lactones) is 1. The first-order chi connectivity index (χ1) is 9.52. The van der Waals surface area contributed by atoms with E-state index >= 15 is 0 Å². The van der Waals surface area contributed by atoms with Gasteiger partial charge in [0, 0.05) is 6.42 Å². The smallest absolute Gasteiger partial charge is 0.416 e. The van der Waals surface area contributed by atoms with E-state index in [4.69, 9.17) is 4.74 Å². The molecule has 1 aliphatic heterocycles. The lowest BCUT2D eigenvalue weighted by Gasteiger charge is -2.16. The fraction of sp³-hybridized carbons (Fsp3) is 0.500. The number of benzene rings is 1. The van der Waals surface area contributed by atoms with Gasteiger partial charge in [0.25, 0.3) is 0 Å². The van der Waals surface area contributed by atoms with Crippen LogP contribution in [0.25, 0.3) is 0 Å². The summed E-state index contributed by atoms with van der Waals surface area (Å²) in [6.07, 6.45) is 0.748. The van der Waals surface area contributed by atoms with Crippen molar-refractivity contribution in [1.29, 1.82) is 0 Å². The van der Waals surface area contributed by atoms with Gasteiger partial charge in [-0.15, -0.1) is 0 Å². The fourth-order valence-corrected chi connectivity index (χ4v) is 1.78. The zero-order chi connectivity index (χ0) is 15.0. The van der Waals surface area contributed by atoms with E-state index in [1.54, 1.807) is 0 Å². The van der Waals surface area contributed by atoms with E-state index in [1.165, 1.54) is 4.90 Å². The number of rotatable bonds is 3. The molecule has 0 bridgehead atoms. The first-order valence-electron chi connectivity index (χ1n) is 7.01. The molecular weight excluding hydrogens is 254 g/mol. The number of hydrogen-bond acceptors (Lipinski definition) is 3. The second-order valence-corrected chi connectivity index (χ2v) is 5.28. The molecular formula is C16H23NO3. The minimum Gasteiger partial charge on any atom is -0.447 e. The third-order valence-electron chi connectivity index (χ3n) is 2.96. The fourth-order valence-electron chi connectivity index (χ4n) is 1.78. The Hall–Kier alpha value is -1.84. The van der Waals surface area contributed by atoms with Gasteiger partial charge >= 0.3 is 6.09 Å². The first-order valence-corrected chi connectivity index (χ1v) is 7.01. The average Bonchev–Trinajstić information content (AvgIpc) is 2.78. The maximum Gasteiger partial charge on any atom is 0.416 e. The molecule has 1 saturated heterocycles. The molecule has 0 saturated carbocycles. The van der Waals surface area contributed by atoms with Crippen LogP contribution in [0.1, 0.15) is 33.6 Å². The van der Waals surface area contributed by atoms with Gasteiger partial charge in [-0.05, 0) is 19.3 Å². The van der Waals surface area contributed by atoms with Gasteiger partial charge in [-0.1, -0.05) is 50.2 Å². The summed E-state index contributed by atoms with van der Waals surface area (Å²) < 4.78 is 4.77. The molecule has 1 aliphatic rings. The molecule has 0 aliphatic carbocycles. The Morgan fingerprint density at radius 1 is 1.25 bits per heavy atom. The van der Waals surface area contributed by atoms with Crippen LogP contribution in [0.3, 0.4) is 0 Å². The van der Waals surface area contributed by atoms with E-state index < -0.39 is 6.09 Å². The number of carbonyl (C=O) groups excluding carboxylic acids is 2. The Labute approximate surface area is 120 Å². The van der Waals surface area contributed by atoms with Crippen molar-refractivity contribution in [3.05, 3.63) is 36.4 Å². The SMILES string of the molecule is CC(C)CCC(=O)N1C(=O)OC[C@H]1C.c1ccccc1. The first kappa shape index (κ1) is 16.2. The number of hydrogen-bond donors (Lipinski definition) is 0. The molecule has 2 rings (SSSR count). The number of carbonyl (C=O) groups is 2. The van der Waals surface area contributed by atoms with E-state index in [2.05, 4.69) is 13.8 Å². The molecule has 1 heterocycles. The van der Waals surface area contributed by atoms with Crippen LogP contribution >= 0.6 is 0 Å². The average molecular weight is 277 g/mol. The Morgan fingerprint density at radius 2 is 1.75 bits per heavy atom. The maximum absolute atomic E-state index is 11.6. The van der Waals surface area contributed by atoms with E-state index in [-0.39, 0.29) is 11.9 Å². The lowest BCUT2D eigenvalue weighted by molar-refractivity contribution is -0.129. The highest BCUT2D eigenvalue weighted by Gasteiger charge is 2.34. The molecule has 2 amide bonds. The molecule has 4 heteroatoms. The van der Waals surface area contributed by atoms with Gasteiger partial charge in [0.2, 0.25) is 5.91 Å². The van der Waals surface area contributed by atoms with Crippen LogP contribution in [-0.2, 0) is 9.53 Å². The maximum atomic E-state index is 11.6. The molecule has 1 atom stereocenters. The Balaban J connectivity index is 0.000000276. The molecule has 110 valence electrons. The van der Waals surface area contributed by atoms with Gasteiger partial charge in [0.05, 0.1) is 6.04 Å². The van der Waals surface area contributed by atoms with Crippen molar-refractivity contribution in [2.45, 2.75) is 39.7 Å². The standard InChI is InChI=1S/C10H17NO3.C6H6/c1-7(2)4-5-9(12)11-8(3)6-14-10(11)13;1-2-4-6-5-3-1/h7-8H,4-6H2,1-3H3;1-6H/t8-;/m1./s1. The summed E-state index contributed by atoms with van der Waals surface area (Å²) in [5.74, 6) is 0.363. The summed E-state index contributed by atoms with van der Waals surface area (Å²) in [7, 11) is 0. The van der Waals surface area contributed by atoms with Crippen molar-refractivity contribution >= 4 is 12.0 Å². The van der Waals surface area contributed by atoms with Crippen LogP contribution in [0.4, 0.5) is 4.79 Å². The second kappa shape index (κ2) is 8.35. The molecule has 0 radical (unpaired) electrons. The third kappa shape index (κ3) is 5.43. The molecule has 4 nitrogen and oxygen atoms in total. The number of amides is 2. The summed E-state index contributed by atoms with van der Waals surface area (Å²) >= 11 is 0. The highest BCUT2D eigenvalue weighted by Crippen LogP contribution is 2.15. The van der Waals surface area contributed by atoms with Gasteiger partial charge in [-0.25, -0.2) is 9.69 Å². The molecule has 0 spiro atoms. The van der Waals surface area contributed by atoms with Crippen molar-refractivity contribution in [3.63, 3.8) is 0 Å². The molecule has 1 aromatic rings. The third-order valence-corrected chi connectivity index (χ3v) is 2.96. The second-order valence-electron chi connectivity index (χ2n) is 5.28. The van der Waals surface area contributed by atoms with E-state index in [0.29, 0.717) is 18.9 Å². The van der Waals surface area contributed by atoms with E-state index in [9.17, 15) is 9.59 Å². The highest BCUT2D eigenvalue weighted by molar-refractivity contribution is 5.93. The monoisotopic (exact) mass is 277 g/mol. The van der Waals surface area contributed by atoms with Crippen LogP contribution in [0, 0.1) is 5.92 Å². The lowest BCUT2D eigenvalue weighted by Crippen LogP contribution is -2.37. The molecule has 1 fully saturated rings. The Bertz CT molecular complexity index is 390. The van der Waals surface area contributed by atoms with E-state index in [1.807, 2.05) is 43.3 Å². The molecule has 0 aromatic heterocycles. The summed E-state index contributed by atoms with van der Waals surface area (Å²) in [6.45, 7) is 6.25. The van der Waals surface area contributed by atoms with Crippen molar-refractivity contribution < 1.29 is 14.3 Å². The van der Waals surface area contributed by atoms with Crippen LogP contribution in [0.5, 0.6) is 0 Å². The van der Waals surface area contributed by atoms with E-state index in [0.717, 1.165) is 6.42 Å². The summed E-state index contributed by atoms with van der Waals surface area (Å²) in [6, 6.07) is 11.9. The van der Waals surface area contributed by atoms with Gasteiger partial charge in [-0.2, -0.15) is 0 Å². The Morgan fingerprint density at radius 3 is 2.10 bits per heavy atom. The molecule has 0 N–H and O–H groups in total. The summed E-state index contributed by atoms with van der Waals surface area (Å²) in [5.41, 5.74) is 0. The summed E-state index contributed by atoms with van der Waals surface area (Å²) in [5, 5.41) is 0.